The first-order chi connectivity index (χ1) is 14.6. The van der Waals surface area contributed by atoms with Gasteiger partial charge in [-0.3, -0.25) is 4.79 Å². The molecule has 0 bridgehead atoms. The molecule has 2 aromatic carbocycles. The molecule has 0 saturated carbocycles. The van der Waals surface area contributed by atoms with Crippen LogP contribution in [0.4, 0.5) is 9.59 Å². The van der Waals surface area contributed by atoms with E-state index < -0.39 is 24.3 Å². The highest BCUT2D eigenvalue weighted by Gasteiger charge is 2.29. The number of alkyl carbamates (subject to hydrolysis) is 1. The summed E-state index contributed by atoms with van der Waals surface area (Å²) in [5.41, 5.74) is 1.75. The second-order valence-corrected chi connectivity index (χ2v) is 6.80. The smallest absolute Gasteiger partial charge is 0.410 e. The highest BCUT2D eigenvalue weighted by Crippen LogP contribution is 2.15. The third kappa shape index (κ3) is 6.80. The normalized spacial score (nSPS) is 15.3. The third-order valence-corrected chi connectivity index (χ3v) is 4.50. The van der Waals surface area contributed by atoms with Gasteiger partial charge in [0.25, 0.3) is 0 Å². The van der Waals surface area contributed by atoms with Crippen LogP contribution in [0.3, 0.4) is 0 Å². The molecule has 1 heterocycles. The van der Waals surface area contributed by atoms with Crippen molar-refractivity contribution in [3.05, 3.63) is 71.8 Å². The minimum atomic E-state index is -0.701. The van der Waals surface area contributed by atoms with Crippen molar-refractivity contribution in [3.63, 3.8) is 0 Å². The molecule has 1 fully saturated rings. The Labute approximate surface area is 174 Å². The molecule has 1 saturated heterocycles. The molecule has 1 unspecified atom stereocenters. The molecule has 1 atom stereocenters. The van der Waals surface area contributed by atoms with Crippen LogP contribution in [0.5, 0.6) is 0 Å². The molecule has 3 rings (SSSR count). The van der Waals surface area contributed by atoms with E-state index in [0.29, 0.717) is 13.0 Å². The summed E-state index contributed by atoms with van der Waals surface area (Å²) in [7, 11) is 0. The van der Waals surface area contributed by atoms with Crippen molar-refractivity contribution in [1.82, 2.24) is 10.2 Å². The van der Waals surface area contributed by atoms with E-state index in [4.69, 9.17) is 14.2 Å². The van der Waals surface area contributed by atoms with Crippen LogP contribution < -0.4 is 5.32 Å². The Hall–Kier alpha value is -3.55. The fraction of sp³-hybridized carbons (Fsp3) is 0.318. The molecule has 0 aromatic heterocycles. The number of hydrogen-bond acceptors (Lipinski definition) is 6. The zero-order valence-corrected chi connectivity index (χ0v) is 16.5. The maximum atomic E-state index is 12.1. The molecule has 0 radical (unpaired) electrons. The van der Waals surface area contributed by atoms with Gasteiger partial charge in [0, 0.05) is 13.0 Å². The number of ether oxygens (including phenoxy) is 3. The van der Waals surface area contributed by atoms with Crippen LogP contribution in [-0.2, 0) is 32.2 Å². The molecule has 1 N–H and O–H groups in total. The predicted molar refractivity (Wildman–Crippen MR) is 107 cm³/mol. The quantitative estimate of drug-likeness (QED) is 0.555. The van der Waals surface area contributed by atoms with Crippen molar-refractivity contribution < 1.29 is 28.6 Å². The van der Waals surface area contributed by atoms with Gasteiger partial charge in [-0.05, 0) is 11.1 Å². The second kappa shape index (κ2) is 10.8. The number of nitrogens with zero attached hydrogens (tertiary/aromatic N) is 1. The lowest BCUT2D eigenvalue weighted by molar-refractivity contribution is -0.147. The SMILES string of the molecule is O=C(CNC(=O)OCc1ccccc1)OC1CCN(C(=O)OCc2ccccc2)C1. The summed E-state index contributed by atoms with van der Waals surface area (Å²) in [6, 6.07) is 18.6. The van der Waals surface area contributed by atoms with Gasteiger partial charge in [0.1, 0.15) is 25.9 Å². The number of hydrogen-bond donors (Lipinski definition) is 1. The number of benzene rings is 2. The Balaban J connectivity index is 1.31. The first-order valence-electron chi connectivity index (χ1n) is 9.70. The van der Waals surface area contributed by atoms with Crippen molar-refractivity contribution in [2.75, 3.05) is 19.6 Å². The van der Waals surface area contributed by atoms with Gasteiger partial charge in [-0.1, -0.05) is 60.7 Å². The van der Waals surface area contributed by atoms with Crippen LogP contribution in [0.1, 0.15) is 17.5 Å². The molecule has 0 spiro atoms. The summed E-state index contributed by atoms with van der Waals surface area (Å²) in [5.74, 6) is -0.587. The molecule has 30 heavy (non-hydrogen) atoms. The maximum Gasteiger partial charge on any atom is 0.410 e. The molecule has 158 valence electrons. The van der Waals surface area contributed by atoms with Gasteiger partial charge < -0.3 is 24.4 Å². The fourth-order valence-corrected chi connectivity index (χ4v) is 2.95. The number of likely N-dealkylation sites (tertiary alicyclic amines) is 1. The topological polar surface area (TPSA) is 94.2 Å². The lowest BCUT2D eigenvalue weighted by atomic mass is 10.2. The molecular weight excluding hydrogens is 388 g/mol. The largest absolute Gasteiger partial charge is 0.459 e. The molecule has 8 heteroatoms. The van der Waals surface area contributed by atoms with Crippen molar-refractivity contribution in [1.29, 1.82) is 0 Å². The van der Waals surface area contributed by atoms with E-state index in [2.05, 4.69) is 5.32 Å². The van der Waals surface area contributed by atoms with Crippen LogP contribution in [0.2, 0.25) is 0 Å². The van der Waals surface area contributed by atoms with E-state index in [1.165, 1.54) is 4.90 Å². The van der Waals surface area contributed by atoms with E-state index in [-0.39, 0.29) is 26.3 Å². The highest BCUT2D eigenvalue weighted by atomic mass is 16.6. The van der Waals surface area contributed by atoms with Crippen molar-refractivity contribution in [2.45, 2.75) is 25.7 Å². The lowest BCUT2D eigenvalue weighted by Crippen LogP contribution is -2.34. The van der Waals surface area contributed by atoms with Gasteiger partial charge in [-0.15, -0.1) is 0 Å². The monoisotopic (exact) mass is 412 g/mol. The number of nitrogens with one attached hydrogen (secondary N) is 1. The van der Waals surface area contributed by atoms with E-state index in [9.17, 15) is 14.4 Å². The van der Waals surface area contributed by atoms with Crippen LogP contribution in [0, 0.1) is 0 Å². The van der Waals surface area contributed by atoms with Gasteiger partial charge in [-0.25, -0.2) is 9.59 Å². The van der Waals surface area contributed by atoms with Gasteiger partial charge in [0.05, 0.1) is 6.54 Å². The number of esters is 1. The Kier molecular flexibility index (Phi) is 7.65. The van der Waals surface area contributed by atoms with E-state index in [1.54, 1.807) is 0 Å². The first kappa shape index (κ1) is 21.2. The summed E-state index contributed by atoms with van der Waals surface area (Å²) in [6.07, 6.45) is -1.05. The predicted octanol–water partition coefficient (Wildman–Crippen LogP) is 2.87. The summed E-state index contributed by atoms with van der Waals surface area (Å²) in [4.78, 5) is 37.3. The molecule has 0 aliphatic carbocycles. The number of rotatable bonds is 7. The minimum Gasteiger partial charge on any atom is -0.459 e. The van der Waals surface area contributed by atoms with E-state index in [1.807, 2.05) is 60.7 Å². The number of amides is 2. The molecule has 1 aliphatic rings. The molecule has 2 aromatic rings. The van der Waals surface area contributed by atoms with Gasteiger partial charge >= 0.3 is 18.2 Å². The van der Waals surface area contributed by atoms with Gasteiger partial charge in [0.2, 0.25) is 0 Å². The summed E-state index contributed by atoms with van der Waals surface area (Å²) in [5, 5.41) is 2.36. The maximum absolute atomic E-state index is 12.1. The number of carbonyl (C=O) groups is 3. The minimum absolute atomic E-state index is 0.115. The molecule has 8 nitrogen and oxygen atoms in total. The Morgan fingerprint density at radius 1 is 0.900 bits per heavy atom. The second-order valence-electron chi connectivity index (χ2n) is 6.80. The average Bonchev–Trinajstić information content (AvgIpc) is 3.24. The zero-order valence-electron chi connectivity index (χ0n) is 16.5. The standard InChI is InChI=1S/C22H24N2O6/c25-20(13-23-21(26)28-15-17-7-3-1-4-8-17)30-19-11-12-24(14-19)22(27)29-16-18-9-5-2-6-10-18/h1-10,19H,11-16H2,(H,23,26). The Bertz CT molecular complexity index is 843. The lowest BCUT2D eigenvalue weighted by Gasteiger charge is -2.16. The fourth-order valence-electron chi connectivity index (χ4n) is 2.95. The van der Waals surface area contributed by atoms with Crippen LogP contribution in [0.15, 0.2) is 60.7 Å². The Morgan fingerprint density at radius 2 is 1.50 bits per heavy atom. The molecule has 1 aliphatic heterocycles. The summed E-state index contributed by atoms with van der Waals surface area (Å²) >= 11 is 0. The summed E-state index contributed by atoms with van der Waals surface area (Å²) in [6.45, 7) is 0.707. The Morgan fingerprint density at radius 3 is 2.13 bits per heavy atom. The number of carbonyl (C=O) groups excluding carboxylic acids is 3. The van der Waals surface area contributed by atoms with Gasteiger partial charge in [0.15, 0.2) is 0 Å². The first-order valence-corrected chi connectivity index (χ1v) is 9.70. The van der Waals surface area contributed by atoms with E-state index in [0.717, 1.165) is 11.1 Å². The molecular formula is C22H24N2O6. The third-order valence-electron chi connectivity index (χ3n) is 4.50. The van der Waals surface area contributed by atoms with Crippen LogP contribution >= 0.6 is 0 Å². The summed E-state index contributed by atoms with van der Waals surface area (Å²) < 4.78 is 15.6. The zero-order chi connectivity index (χ0) is 21.2. The highest BCUT2D eigenvalue weighted by molar-refractivity contribution is 5.78. The van der Waals surface area contributed by atoms with Crippen molar-refractivity contribution in [2.24, 2.45) is 0 Å². The van der Waals surface area contributed by atoms with Gasteiger partial charge in [-0.2, -0.15) is 0 Å². The van der Waals surface area contributed by atoms with Crippen LogP contribution in [-0.4, -0.2) is 48.8 Å². The van der Waals surface area contributed by atoms with E-state index >= 15 is 0 Å². The average molecular weight is 412 g/mol. The van der Waals surface area contributed by atoms with Crippen LogP contribution in [0.25, 0.3) is 0 Å². The van der Waals surface area contributed by atoms with Crippen molar-refractivity contribution >= 4 is 18.2 Å². The van der Waals surface area contributed by atoms with Crippen molar-refractivity contribution in [3.8, 4) is 0 Å². The molecule has 2 amide bonds.